The van der Waals surface area contributed by atoms with Crippen LogP contribution in [0.3, 0.4) is 0 Å². The maximum atomic E-state index is 10.3. The van der Waals surface area contributed by atoms with Crippen LogP contribution in [0.1, 0.15) is 6.92 Å². The topological polar surface area (TPSA) is 61.0 Å². The van der Waals surface area contributed by atoms with E-state index in [9.17, 15) is 10.1 Å². The highest BCUT2D eigenvalue weighted by Crippen LogP contribution is 2.16. The van der Waals surface area contributed by atoms with Gasteiger partial charge in [-0.1, -0.05) is 6.92 Å². The summed E-state index contributed by atoms with van der Waals surface area (Å²) in [7, 11) is 0. The first-order chi connectivity index (χ1) is 5.25. The molecule has 0 aliphatic carbocycles. The zero-order valence-electron chi connectivity index (χ0n) is 5.93. The van der Waals surface area contributed by atoms with Crippen molar-refractivity contribution in [3.05, 3.63) is 22.6 Å². The van der Waals surface area contributed by atoms with E-state index < -0.39 is 4.92 Å². The smallest absolute Gasteiger partial charge is 0.354 e. The summed E-state index contributed by atoms with van der Waals surface area (Å²) in [5, 5.41) is 10.3. The van der Waals surface area contributed by atoms with Gasteiger partial charge in [-0.25, -0.2) is 4.98 Å². The number of nitro groups is 1. The van der Waals surface area contributed by atoms with Crippen LogP contribution in [-0.2, 0) is 0 Å². The first-order valence-electron chi connectivity index (χ1n) is 3.05. The molecule has 60 valence electrons. The molecule has 0 radical (unpaired) electrons. The molecule has 5 nitrogen and oxygen atoms in total. The minimum atomic E-state index is -0.449. The Morgan fingerprint density at radius 1 is 1.91 bits per heavy atom. The predicted octanol–water partition coefficient (Wildman–Crippen LogP) is 1.31. The van der Waals surface area contributed by atoms with Crippen molar-refractivity contribution in [3.63, 3.8) is 0 Å². The van der Waals surface area contributed by atoms with Gasteiger partial charge >= 0.3 is 5.82 Å². The summed E-state index contributed by atoms with van der Waals surface area (Å²) in [6, 6.07) is 0. The highest BCUT2D eigenvalue weighted by molar-refractivity contribution is 7.97. The van der Waals surface area contributed by atoms with Gasteiger partial charge < -0.3 is 10.1 Å². The number of imidazole rings is 1. The van der Waals surface area contributed by atoms with E-state index in [1.807, 2.05) is 6.92 Å². The minimum absolute atomic E-state index is 0.0249. The SMILES string of the molecule is CCSn1cncc1[N+](=O)[O-]. The normalized spacial score (nSPS) is 9.91. The Morgan fingerprint density at radius 2 is 2.64 bits per heavy atom. The highest BCUT2D eigenvalue weighted by Gasteiger charge is 2.12. The Bertz CT molecular complexity index is 260. The van der Waals surface area contributed by atoms with Gasteiger partial charge in [0.15, 0.2) is 6.33 Å². The van der Waals surface area contributed by atoms with Gasteiger partial charge in [0.05, 0.1) is 11.9 Å². The molecule has 0 aliphatic heterocycles. The monoisotopic (exact) mass is 173 g/mol. The Kier molecular flexibility index (Phi) is 2.48. The molecule has 11 heavy (non-hydrogen) atoms. The Morgan fingerprint density at radius 3 is 3.18 bits per heavy atom. The van der Waals surface area contributed by atoms with Gasteiger partial charge in [0.2, 0.25) is 0 Å². The van der Waals surface area contributed by atoms with Crippen molar-refractivity contribution in [3.8, 4) is 0 Å². The lowest BCUT2D eigenvalue weighted by Gasteiger charge is -1.94. The molecule has 0 bridgehead atoms. The van der Waals surface area contributed by atoms with Crippen LogP contribution in [0.25, 0.3) is 0 Å². The molecule has 1 aromatic rings. The zero-order valence-corrected chi connectivity index (χ0v) is 6.74. The second kappa shape index (κ2) is 3.38. The standard InChI is InChI=1S/C5H7N3O2S/c1-2-11-7-4-6-3-5(7)8(9)10/h3-4H,2H2,1H3. The number of rotatable bonds is 3. The van der Waals surface area contributed by atoms with E-state index in [0.717, 1.165) is 5.75 Å². The van der Waals surface area contributed by atoms with Crippen molar-refractivity contribution in [2.24, 2.45) is 0 Å². The molecule has 0 saturated carbocycles. The lowest BCUT2D eigenvalue weighted by atomic mass is 10.8. The van der Waals surface area contributed by atoms with Gasteiger partial charge in [-0.15, -0.1) is 3.97 Å². The summed E-state index contributed by atoms with van der Waals surface area (Å²) >= 11 is 1.35. The van der Waals surface area contributed by atoms with Crippen molar-refractivity contribution >= 4 is 17.8 Å². The maximum Gasteiger partial charge on any atom is 0.354 e. The van der Waals surface area contributed by atoms with Crippen LogP contribution in [0.4, 0.5) is 5.82 Å². The van der Waals surface area contributed by atoms with Gasteiger partial charge in [-0.2, -0.15) is 0 Å². The summed E-state index contributed by atoms with van der Waals surface area (Å²) in [4.78, 5) is 13.5. The number of hydrogen-bond acceptors (Lipinski definition) is 4. The van der Waals surface area contributed by atoms with E-state index in [1.165, 1.54) is 28.4 Å². The summed E-state index contributed by atoms with van der Waals surface area (Å²) in [6.07, 6.45) is 2.68. The molecular formula is C5H7N3O2S. The van der Waals surface area contributed by atoms with Gasteiger partial charge in [0.25, 0.3) is 0 Å². The van der Waals surface area contributed by atoms with Crippen molar-refractivity contribution < 1.29 is 4.92 Å². The summed E-state index contributed by atoms with van der Waals surface area (Å²) in [5.74, 6) is 0.814. The third-order valence-corrected chi connectivity index (χ3v) is 1.86. The Balaban J connectivity index is 2.87. The second-order valence-corrected chi connectivity index (χ2v) is 2.98. The van der Waals surface area contributed by atoms with Crippen LogP contribution in [0.15, 0.2) is 12.5 Å². The average molecular weight is 173 g/mol. The largest absolute Gasteiger partial charge is 0.358 e. The minimum Gasteiger partial charge on any atom is -0.358 e. The number of hydrogen-bond donors (Lipinski definition) is 0. The first-order valence-corrected chi connectivity index (χ1v) is 4.00. The molecule has 1 aromatic heterocycles. The molecule has 0 aromatic carbocycles. The molecular weight excluding hydrogens is 166 g/mol. The first kappa shape index (κ1) is 8.06. The summed E-state index contributed by atoms with van der Waals surface area (Å²) in [6.45, 7) is 1.92. The van der Waals surface area contributed by atoms with Crippen molar-refractivity contribution in [2.75, 3.05) is 5.75 Å². The molecule has 0 aliphatic rings. The molecule has 0 N–H and O–H groups in total. The molecule has 0 fully saturated rings. The van der Waals surface area contributed by atoms with E-state index in [1.54, 1.807) is 0 Å². The zero-order chi connectivity index (χ0) is 8.27. The average Bonchev–Trinajstić information content (AvgIpc) is 2.36. The lowest BCUT2D eigenvalue weighted by Crippen LogP contribution is -1.94. The molecule has 0 amide bonds. The molecule has 6 heteroatoms. The molecule has 0 saturated heterocycles. The quantitative estimate of drug-likeness (QED) is 0.510. The fourth-order valence-electron chi connectivity index (χ4n) is 0.643. The lowest BCUT2D eigenvalue weighted by molar-refractivity contribution is -0.390. The summed E-state index contributed by atoms with van der Waals surface area (Å²) in [5.41, 5.74) is 0. The van der Waals surface area contributed by atoms with Crippen LogP contribution in [0.2, 0.25) is 0 Å². The van der Waals surface area contributed by atoms with Crippen LogP contribution >= 0.6 is 11.9 Å². The van der Waals surface area contributed by atoms with Crippen LogP contribution < -0.4 is 0 Å². The Labute approximate surface area is 67.7 Å². The molecule has 1 heterocycles. The van der Waals surface area contributed by atoms with Gasteiger partial charge in [-0.3, -0.25) is 0 Å². The van der Waals surface area contributed by atoms with Crippen molar-refractivity contribution in [1.29, 1.82) is 0 Å². The highest BCUT2D eigenvalue weighted by atomic mass is 32.2. The number of aromatic nitrogens is 2. The van der Waals surface area contributed by atoms with Crippen LogP contribution in [0, 0.1) is 10.1 Å². The fourth-order valence-corrected chi connectivity index (χ4v) is 1.29. The second-order valence-electron chi connectivity index (χ2n) is 1.75. The fraction of sp³-hybridized carbons (Fsp3) is 0.400. The molecule has 1 rings (SSSR count). The third kappa shape index (κ3) is 1.70. The van der Waals surface area contributed by atoms with Gasteiger partial charge in [-0.05, 0) is 4.92 Å². The summed E-state index contributed by atoms with van der Waals surface area (Å²) < 4.78 is 1.44. The van der Waals surface area contributed by atoms with Crippen LogP contribution in [-0.4, -0.2) is 19.6 Å². The van der Waals surface area contributed by atoms with Crippen LogP contribution in [0.5, 0.6) is 0 Å². The molecule has 0 spiro atoms. The number of nitrogens with zero attached hydrogens (tertiary/aromatic N) is 3. The van der Waals surface area contributed by atoms with E-state index in [2.05, 4.69) is 4.98 Å². The molecule has 0 atom stereocenters. The predicted molar refractivity (Wildman–Crippen MR) is 42.4 cm³/mol. The van der Waals surface area contributed by atoms with E-state index in [0.29, 0.717) is 0 Å². The van der Waals surface area contributed by atoms with Gasteiger partial charge in [0, 0.05) is 5.75 Å². The third-order valence-electron chi connectivity index (χ3n) is 1.04. The Hall–Kier alpha value is -1.04. The van der Waals surface area contributed by atoms with E-state index in [-0.39, 0.29) is 5.82 Å². The van der Waals surface area contributed by atoms with Gasteiger partial charge in [0.1, 0.15) is 6.20 Å². The van der Waals surface area contributed by atoms with Crippen molar-refractivity contribution in [2.45, 2.75) is 6.92 Å². The van der Waals surface area contributed by atoms with Crippen molar-refractivity contribution in [1.82, 2.24) is 8.96 Å². The van der Waals surface area contributed by atoms with E-state index >= 15 is 0 Å². The van der Waals surface area contributed by atoms with E-state index in [4.69, 9.17) is 0 Å². The maximum absolute atomic E-state index is 10.3. The molecule has 0 unspecified atom stereocenters.